The van der Waals surface area contributed by atoms with E-state index in [0.29, 0.717) is 6.54 Å². The van der Waals surface area contributed by atoms with Gasteiger partial charge in [-0.25, -0.2) is 0 Å². The lowest BCUT2D eigenvalue weighted by atomic mass is 10.1. The van der Waals surface area contributed by atoms with Crippen LogP contribution in [0.15, 0.2) is 6.20 Å². The molecule has 0 radical (unpaired) electrons. The van der Waals surface area contributed by atoms with E-state index in [1.807, 2.05) is 17.9 Å². The van der Waals surface area contributed by atoms with Crippen LogP contribution in [0.25, 0.3) is 0 Å². The minimum Gasteiger partial charge on any atom is -0.306 e. The average molecular weight is 249 g/mol. The van der Waals surface area contributed by atoms with Crippen molar-refractivity contribution in [2.45, 2.75) is 39.4 Å². The fourth-order valence-corrected chi connectivity index (χ4v) is 1.39. The molecule has 1 rings (SSSR count). The Balaban J connectivity index is 2.37. The van der Waals surface area contributed by atoms with Gasteiger partial charge in [-0.05, 0) is 27.8 Å². The second-order valence-corrected chi connectivity index (χ2v) is 5.52. The van der Waals surface area contributed by atoms with E-state index in [0.717, 1.165) is 25.3 Å². The van der Waals surface area contributed by atoms with Gasteiger partial charge < -0.3 is 5.32 Å². The Morgan fingerprint density at radius 2 is 2.22 bits per heavy atom. The van der Waals surface area contributed by atoms with Gasteiger partial charge in [0, 0.05) is 24.8 Å². The van der Waals surface area contributed by atoms with E-state index in [-0.39, 0.29) is 5.54 Å². The number of nitrogens with one attached hydrogen (secondary N) is 1. The second kappa shape index (κ2) is 6.53. The van der Waals surface area contributed by atoms with Gasteiger partial charge in [0.05, 0.1) is 18.8 Å². The normalized spacial score (nSPS) is 11.8. The molecule has 0 fully saturated rings. The van der Waals surface area contributed by atoms with Crippen molar-refractivity contribution in [2.24, 2.45) is 0 Å². The monoisotopic (exact) mass is 249 g/mol. The van der Waals surface area contributed by atoms with Gasteiger partial charge in [-0.1, -0.05) is 11.1 Å². The van der Waals surface area contributed by atoms with Gasteiger partial charge in [-0.3, -0.25) is 9.58 Å². The van der Waals surface area contributed by atoms with Gasteiger partial charge in [0.1, 0.15) is 0 Å². The molecule has 1 heterocycles. The Kier molecular flexibility index (Phi) is 5.32. The maximum Gasteiger partial charge on any atom is 0.0965 e. The molecule has 1 aromatic heterocycles. The topological polar surface area (TPSA) is 46.0 Å². The third-order valence-corrected chi connectivity index (χ3v) is 2.46. The Hall–Kier alpha value is -1.38. The van der Waals surface area contributed by atoms with E-state index in [4.69, 9.17) is 6.42 Å². The number of terminal acetylenes is 1. The molecule has 0 atom stereocenters. The van der Waals surface area contributed by atoms with E-state index in [2.05, 4.69) is 47.2 Å². The smallest absolute Gasteiger partial charge is 0.0965 e. The van der Waals surface area contributed by atoms with Crippen LogP contribution in [-0.2, 0) is 13.1 Å². The number of nitrogens with zero attached hydrogens (tertiary/aromatic N) is 4. The van der Waals surface area contributed by atoms with Crippen molar-refractivity contribution < 1.29 is 0 Å². The summed E-state index contributed by atoms with van der Waals surface area (Å²) >= 11 is 0. The largest absolute Gasteiger partial charge is 0.306 e. The molecule has 0 amide bonds. The van der Waals surface area contributed by atoms with Crippen LogP contribution >= 0.6 is 0 Å². The third-order valence-electron chi connectivity index (χ3n) is 2.46. The molecule has 0 aromatic carbocycles. The summed E-state index contributed by atoms with van der Waals surface area (Å²) in [6, 6.07) is 0. The van der Waals surface area contributed by atoms with Gasteiger partial charge in [0.15, 0.2) is 0 Å². The van der Waals surface area contributed by atoms with Crippen molar-refractivity contribution in [1.29, 1.82) is 0 Å². The first-order chi connectivity index (χ1) is 8.40. The molecule has 1 aromatic rings. The lowest BCUT2D eigenvalue weighted by molar-refractivity contribution is 0.345. The van der Waals surface area contributed by atoms with E-state index in [9.17, 15) is 0 Å². The Bertz CT molecular complexity index is 396. The average Bonchev–Trinajstić information content (AvgIpc) is 2.71. The first kappa shape index (κ1) is 14.7. The summed E-state index contributed by atoms with van der Waals surface area (Å²) in [4.78, 5) is 2.08. The van der Waals surface area contributed by atoms with Crippen LogP contribution in [0.5, 0.6) is 0 Å². The Morgan fingerprint density at radius 1 is 1.50 bits per heavy atom. The lowest BCUT2D eigenvalue weighted by Gasteiger charge is -2.19. The summed E-state index contributed by atoms with van der Waals surface area (Å²) in [7, 11) is 2.00. The van der Waals surface area contributed by atoms with Crippen LogP contribution < -0.4 is 5.32 Å². The third kappa shape index (κ3) is 5.80. The summed E-state index contributed by atoms with van der Waals surface area (Å²) in [5, 5.41) is 11.6. The Morgan fingerprint density at radius 3 is 2.83 bits per heavy atom. The molecule has 0 saturated carbocycles. The number of likely N-dealkylation sites (N-methyl/N-ethyl adjacent to an activating group) is 1. The first-order valence-corrected chi connectivity index (χ1v) is 6.17. The van der Waals surface area contributed by atoms with Gasteiger partial charge >= 0.3 is 0 Å². The molecule has 18 heavy (non-hydrogen) atoms. The molecule has 0 aliphatic rings. The molecule has 5 heteroatoms. The maximum atomic E-state index is 5.25. The SMILES string of the molecule is C#CCN(C)CCn1cc(CNC(C)(C)C)nn1. The molecular weight excluding hydrogens is 226 g/mol. The van der Waals surface area contributed by atoms with Crippen molar-refractivity contribution in [3.05, 3.63) is 11.9 Å². The molecule has 0 aliphatic heterocycles. The Labute approximate surface area is 110 Å². The molecular formula is C13H23N5. The molecule has 100 valence electrons. The maximum absolute atomic E-state index is 5.25. The predicted molar refractivity (Wildman–Crippen MR) is 72.9 cm³/mol. The zero-order chi connectivity index (χ0) is 13.6. The molecule has 0 saturated heterocycles. The fraction of sp³-hybridized carbons (Fsp3) is 0.692. The molecule has 1 N–H and O–H groups in total. The van der Waals surface area contributed by atoms with Crippen LogP contribution in [0.3, 0.4) is 0 Å². The highest BCUT2D eigenvalue weighted by Gasteiger charge is 2.10. The molecule has 0 unspecified atom stereocenters. The number of rotatable bonds is 6. The van der Waals surface area contributed by atoms with Crippen molar-refractivity contribution in [2.75, 3.05) is 20.1 Å². The van der Waals surface area contributed by atoms with Crippen LogP contribution in [0.2, 0.25) is 0 Å². The standard InChI is InChI=1S/C13H23N5/c1-6-7-17(5)8-9-18-11-12(15-16-18)10-14-13(2,3)4/h1,11,14H,7-10H2,2-5H3. The van der Waals surface area contributed by atoms with E-state index in [1.54, 1.807) is 0 Å². The minimum atomic E-state index is 0.0940. The summed E-state index contributed by atoms with van der Waals surface area (Å²) in [5.74, 6) is 2.62. The zero-order valence-corrected chi connectivity index (χ0v) is 11.8. The van der Waals surface area contributed by atoms with E-state index < -0.39 is 0 Å². The number of hydrogen-bond donors (Lipinski definition) is 1. The van der Waals surface area contributed by atoms with Gasteiger partial charge in [0.25, 0.3) is 0 Å². The molecule has 0 bridgehead atoms. The summed E-state index contributed by atoms with van der Waals surface area (Å²) in [6.07, 6.45) is 7.22. The summed E-state index contributed by atoms with van der Waals surface area (Å²) < 4.78 is 1.85. The zero-order valence-electron chi connectivity index (χ0n) is 11.8. The van der Waals surface area contributed by atoms with Crippen LogP contribution in [-0.4, -0.2) is 45.6 Å². The first-order valence-electron chi connectivity index (χ1n) is 6.17. The van der Waals surface area contributed by atoms with Gasteiger partial charge in [-0.15, -0.1) is 11.5 Å². The van der Waals surface area contributed by atoms with Crippen LogP contribution in [0.1, 0.15) is 26.5 Å². The predicted octanol–water partition coefficient (Wildman–Crippen LogP) is 0.731. The van der Waals surface area contributed by atoms with E-state index in [1.165, 1.54) is 0 Å². The molecule has 5 nitrogen and oxygen atoms in total. The summed E-state index contributed by atoms with van der Waals surface area (Å²) in [5.41, 5.74) is 1.06. The van der Waals surface area contributed by atoms with Crippen LogP contribution in [0, 0.1) is 12.3 Å². The quantitative estimate of drug-likeness (QED) is 0.755. The van der Waals surface area contributed by atoms with Gasteiger partial charge in [-0.2, -0.15) is 0 Å². The number of hydrogen-bond acceptors (Lipinski definition) is 4. The van der Waals surface area contributed by atoms with Crippen molar-refractivity contribution in [3.63, 3.8) is 0 Å². The van der Waals surface area contributed by atoms with Crippen molar-refractivity contribution in [3.8, 4) is 12.3 Å². The fourth-order valence-electron chi connectivity index (χ4n) is 1.39. The summed E-state index contributed by atoms with van der Waals surface area (Å²) in [6.45, 7) is 9.47. The molecule has 0 spiro atoms. The second-order valence-electron chi connectivity index (χ2n) is 5.52. The molecule has 0 aliphatic carbocycles. The lowest BCUT2D eigenvalue weighted by Crippen LogP contribution is -2.35. The van der Waals surface area contributed by atoms with E-state index >= 15 is 0 Å². The highest BCUT2D eigenvalue weighted by Crippen LogP contribution is 2.01. The van der Waals surface area contributed by atoms with Crippen molar-refractivity contribution >= 4 is 0 Å². The van der Waals surface area contributed by atoms with Gasteiger partial charge in [0.2, 0.25) is 0 Å². The minimum absolute atomic E-state index is 0.0940. The highest BCUT2D eigenvalue weighted by molar-refractivity contribution is 4.93. The highest BCUT2D eigenvalue weighted by atomic mass is 15.4. The van der Waals surface area contributed by atoms with Crippen molar-refractivity contribution in [1.82, 2.24) is 25.2 Å². The van der Waals surface area contributed by atoms with Crippen LogP contribution in [0.4, 0.5) is 0 Å². The number of aromatic nitrogens is 3.